The van der Waals surface area contributed by atoms with Gasteiger partial charge in [-0.2, -0.15) is 0 Å². The molecule has 0 unspecified atom stereocenters. The van der Waals surface area contributed by atoms with Crippen LogP contribution in [0.2, 0.25) is 5.02 Å². The molecule has 18 heavy (non-hydrogen) atoms. The summed E-state index contributed by atoms with van der Waals surface area (Å²) in [6.45, 7) is 4.27. The fourth-order valence-corrected chi connectivity index (χ4v) is 2.41. The van der Waals surface area contributed by atoms with Gasteiger partial charge < -0.3 is 0 Å². The number of halogens is 1. The Balaban J connectivity index is 2.14. The minimum absolute atomic E-state index is 0.0749. The van der Waals surface area contributed by atoms with E-state index in [1.165, 1.54) is 0 Å². The lowest BCUT2D eigenvalue weighted by molar-refractivity contribution is -0.116. The first-order chi connectivity index (χ1) is 8.44. The van der Waals surface area contributed by atoms with E-state index in [-0.39, 0.29) is 11.2 Å². The quantitative estimate of drug-likeness (QED) is 0.755. The maximum absolute atomic E-state index is 11.6. The molecule has 0 aromatic heterocycles. The van der Waals surface area contributed by atoms with Crippen LogP contribution >= 0.6 is 11.6 Å². The van der Waals surface area contributed by atoms with Crippen LogP contribution in [-0.2, 0) is 4.79 Å². The molecule has 0 N–H and O–H groups in total. The predicted octanol–water partition coefficient (Wildman–Crippen LogP) is 4.67. The fraction of sp³-hybridized carbons (Fsp3) is 0.312. The summed E-state index contributed by atoms with van der Waals surface area (Å²) >= 11 is 5.84. The van der Waals surface area contributed by atoms with Crippen molar-refractivity contribution in [3.05, 3.63) is 52.6 Å². The van der Waals surface area contributed by atoms with E-state index in [4.69, 9.17) is 11.6 Å². The standard InChI is InChI=1S/C16H17ClO/c1-16(2)10-13(9-15(18)11-16)4-3-12-5-7-14(17)8-6-12/h3-9H,10-11H2,1-2H3/b4-3+. The molecule has 2 rings (SSSR count). The highest BCUT2D eigenvalue weighted by molar-refractivity contribution is 6.30. The largest absolute Gasteiger partial charge is 0.295 e. The molecule has 0 fully saturated rings. The molecule has 0 heterocycles. The van der Waals surface area contributed by atoms with Gasteiger partial charge in [0.15, 0.2) is 5.78 Å². The lowest BCUT2D eigenvalue weighted by Gasteiger charge is -2.27. The number of allylic oxidation sites excluding steroid dienone is 3. The molecule has 0 aliphatic heterocycles. The fourth-order valence-electron chi connectivity index (χ4n) is 2.28. The lowest BCUT2D eigenvalue weighted by Crippen LogP contribution is -2.21. The molecule has 0 atom stereocenters. The van der Waals surface area contributed by atoms with Crippen LogP contribution in [0, 0.1) is 5.41 Å². The van der Waals surface area contributed by atoms with Crippen molar-refractivity contribution in [1.29, 1.82) is 0 Å². The third-order valence-electron chi connectivity index (χ3n) is 3.04. The smallest absolute Gasteiger partial charge is 0.156 e. The molecule has 0 spiro atoms. The molecule has 1 aliphatic carbocycles. The molecular weight excluding hydrogens is 244 g/mol. The van der Waals surface area contributed by atoms with Crippen molar-refractivity contribution in [3.8, 4) is 0 Å². The van der Waals surface area contributed by atoms with Crippen LogP contribution in [-0.4, -0.2) is 5.78 Å². The number of rotatable bonds is 2. The van der Waals surface area contributed by atoms with Crippen molar-refractivity contribution in [2.45, 2.75) is 26.7 Å². The number of carbonyl (C=O) groups excluding carboxylic acids is 1. The molecule has 94 valence electrons. The predicted molar refractivity (Wildman–Crippen MR) is 76.6 cm³/mol. The first-order valence-electron chi connectivity index (χ1n) is 6.12. The summed E-state index contributed by atoms with van der Waals surface area (Å²) < 4.78 is 0. The summed E-state index contributed by atoms with van der Waals surface area (Å²) in [4.78, 5) is 11.6. The van der Waals surface area contributed by atoms with Crippen LogP contribution in [0.4, 0.5) is 0 Å². The van der Waals surface area contributed by atoms with Crippen molar-refractivity contribution in [2.75, 3.05) is 0 Å². The zero-order valence-electron chi connectivity index (χ0n) is 10.7. The van der Waals surface area contributed by atoms with E-state index >= 15 is 0 Å². The Morgan fingerprint density at radius 3 is 2.39 bits per heavy atom. The normalized spacial score (nSPS) is 19.1. The van der Waals surface area contributed by atoms with Crippen molar-refractivity contribution < 1.29 is 4.79 Å². The highest BCUT2D eigenvalue weighted by Gasteiger charge is 2.26. The minimum atomic E-state index is 0.0749. The van der Waals surface area contributed by atoms with Crippen LogP contribution in [0.1, 0.15) is 32.3 Å². The molecule has 0 amide bonds. The van der Waals surface area contributed by atoms with Crippen molar-refractivity contribution >= 4 is 23.5 Å². The Bertz CT molecular complexity index is 506. The van der Waals surface area contributed by atoms with Crippen molar-refractivity contribution in [2.24, 2.45) is 5.41 Å². The molecule has 1 aromatic carbocycles. The van der Waals surface area contributed by atoms with E-state index in [9.17, 15) is 4.79 Å². The number of ketones is 1. The van der Waals surface area contributed by atoms with E-state index in [1.807, 2.05) is 36.4 Å². The highest BCUT2D eigenvalue weighted by Crippen LogP contribution is 2.34. The summed E-state index contributed by atoms with van der Waals surface area (Å²) in [7, 11) is 0. The minimum Gasteiger partial charge on any atom is -0.295 e. The first-order valence-corrected chi connectivity index (χ1v) is 6.49. The molecule has 0 bridgehead atoms. The SMILES string of the molecule is CC1(C)CC(=O)C=C(/C=C/c2ccc(Cl)cc2)C1. The summed E-state index contributed by atoms with van der Waals surface area (Å²) in [5.74, 6) is 0.224. The maximum Gasteiger partial charge on any atom is 0.156 e. The Labute approximate surface area is 113 Å². The van der Waals surface area contributed by atoms with Gasteiger partial charge in [-0.3, -0.25) is 4.79 Å². The summed E-state index contributed by atoms with van der Waals surface area (Å²) in [6, 6.07) is 7.67. The number of hydrogen-bond donors (Lipinski definition) is 0. The van der Waals surface area contributed by atoms with Gasteiger partial charge in [0.2, 0.25) is 0 Å². The average molecular weight is 261 g/mol. The van der Waals surface area contributed by atoms with Crippen molar-refractivity contribution in [1.82, 2.24) is 0 Å². The average Bonchev–Trinajstić information content (AvgIpc) is 2.25. The highest BCUT2D eigenvalue weighted by atomic mass is 35.5. The number of hydrogen-bond acceptors (Lipinski definition) is 1. The van der Waals surface area contributed by atoms with Gasteiger partial charge in [0, 0.05) is 11.4 Å². The number of carbonyl (C=O) groups is 1. The molecule has 1 nitrogen and oxygen atoms in total. The van der Waals surface area contributed by atoms with Gasteiger partial charge in [-0.15, -0.1) is 0 Å². The topological polar surface area (TPSA) is 17.1 Å². The van der Waals surface area contributed by atoms with Gasteiger partial charge in [-0.1, -0.05) is 49.7 Å². The zero-order chi connectivity index (χ0) is 13.2. The molecular formula is C16H17ClO. The van der Waals surface area contributed by atoms with E-state index in [0.29, 0.717) is 6.42 Å². The maximum atomic E-state index is 11.6. The van der Waals surface area contributed by atoms with E-state index in [0.717, 1.165) is 22.6 Å². The van der Waals surface area contributed by atoms with Crippen LogP contribution < -0.4 is 0 Å². The van der Waals surface area contributed by atoms with Gasteiger partial charge in [0.05, 0.1) is 0 Å². The van der Waals surface area contributed by atoms with Gasteiger partial charge >= 0.3 is 0 Å². The van der Waals surface area contributed by atoms with E-state index < -0.39 is 0 Å². The monoisotopic (exact) mass is 260 g/mol. The number of benzene rings is 1. The Morgan fingerprint density at radius 2 is 1.78 bits per heavy atom. The van der Waals surface area contributed by atoms with Crippen LogP contribution in [0.15, 0.2) is 42.0 Å². The first kappa shape index (κ1) is 13.1. The molecule has 1 aliphatic rings. The molecule has 1 aromatic rings. The van der Waals surface area contributed by atoms with Crippen molar-refractivity contribution in [3.63, 3.8) is 0 Å². The summed E-state index contributed by atoms with van der Waals surface area (Å²) in [6.07, 6.45) is 7.41. The summed E-state index contributed by atoms with van der Waals surface area (Å²) in [5.41, 5.74) is 2.27. The molecule has 0 radical (unpaired) electrons. The Kier molecular flexibility index (Phi) is 3.72. The third kappa shape index (κ3) is 3.58. The zero-order valence-corrected chi connectivity index (χ0v) is 11.5. The van der Waals surface area contributed by atoms with E-state index in [1.54, 1.807) is 6.08 Å². The second-order valence-corrected chi connectivity index (χ2v) is 6.02. The van der Waals surface area contributed by atoms with Crippen LogP contribution in [0.3, 0.4) is 0 Å². The Morgan fingerprint density at radius 1 is 1.11 bits per heavy atom. The second-order valence-electron chi connectivity index (χ2n) is 5.59. The van der Waals surface area contributed by atoms with Crippen LogP contribution in [0.25, 0.3) is 6.08 Å². The van der Waals surface area contributed by atoms with Crippen LogP contribution in [0.5, 0.6) is 0 Å². The van der Waals surface area contributed by atoms with Gasteiger partial charge in [0.1, 0.15) is 0 Å². The lowest BCUT2D eigenvalue weighted by atomic mass is 9.77. The molecule has 2 heteroatoms. The molecule has 0 saturated carbocycles. The Hall–Kier alpha value is -1.34. The summed E-state index contributed by atoms with van der Waals surface area (Å²) in [5, 5.41) is 0.736. The molecule has 0 saturated heterocycles. The third-order valence-corrected chi connectivity index (χ3v) is 3.29. The van der Waals surface area contributed by atoms with Gasteiger partial charge in [-0.25, -0.2) is 0 Å². The van der Waals surface area contributed by atoms with E-state index in [2.05, 4.69) is 13.8 Å². The van der Waals surface area contributed by atoms with Gasteiger partial charge in [0.25, 0.3) is 0 Å². The van der Waals surface area contributed by atoms with Gasteiger partial charge in [-0.05, 0) is 41.2 Å². The second kappa shape index (κ2) is 5.11.